The second kappa shape index (κ2) is 4.95. The van der Waals surface area contributed by atoms with Gasteiger partial charge in [-0.2, -0.15) is 5.10 Å². The number of rotatable bonds is 2. The molecule has 22 heavy (non-hydrogen) atoms. The predicted molar refractivity (Wildman–Crippen MR) is 81.8 cm³/mol. The Bertz CT molecular complexity index is 733. The van der Waals surface area contributed by atoms with Gasteiger partial charge in [0.05, 0.1) is 17.2 Å². The molecule has 5 nitrogen and oxygen atoms in total. The molecule has 0 aliphatic heterocycles. The Balaban J connectivity index is 2.25. The van der Waals surface area contributed by atoms with Gasteiger partial charge < -0.3 is 10.2 Å². The molecule has 0 saturated carbocycles. The van der Waals surface area contributed by atoms with Gasteiger partial charge in [-0.15, -0.1) is 0 Å². The van der Waals surface area contributed by atoms with Crippen molar-refractivity contribution in [2.75, 3.05) is 0 Å². The summed E-state index contributed by atoms with van der Waals surface area (Å²) in [7, 11) is 0. The van der Waals surface area contributed by atoms with Crippen LogP contribution in [-0.4, -0.2) is 31.8 Å². The van der Waals surface area contributed by atoms with E-state index in [1.165, 1.54) is 6.92 Å². The van der Waals surface area contributed by atoms with Crippen LogP contribution in [0.4, 0.5) is 0 Å². The molecule has 2 aromatic rings. The highest BCUT2D eigenvalue weighted by molar-refractivity contribution is 5.82. The van der Waals surface area contributed by atoms with Gasteiger partial charge in [-0.3, -0.25) is 9.89 Å². The number of H-pyrrole nitrogens is 1. The Hall–Kier alpha value is -2.14. The van der Waals surface area contributed by atoms with Gasteiger partial charge in [0.15, 0.2) is 0 Å². The van der Waals surface area contributed by atoms with Crippen molar-refractivity contribution in [2.45, 2.75) is 38.7 Å². The molecule has 1 aliphatic carbocycles. The van der Waals surface area contributed by atoms with Gasteiger partial charge in [0.25, 0.3) is 0 Å². The lowest BCUT2D eigenvalue weighted by Gasteiger charge is -2.41. The molecule has 3 N–H and O–H groups in total. The summed E-state index contributed by atoms with van der Waals surface area (Å²) in [5.41, 5.74) is 2.28. The molecule has 1 heterocycles. The zero-order valence-corrected chi connectivity index (χ0v) is 12.9. The van der Waals surface area contributed by atoms with Gasteiger partial charge in [0.2, 0.25) is 0 Å². The van der Waals surface area contributed by atoms with Crippen molar-refractivity contribution in [3.8, 4) is 5.75 Å². The Morgan fingerprint density at radius 3 is 2.82 bits per heavy atom. The van der Waals surface area contributed by atoms with Crippen LogP contribution < -0.4 is 0 Å². The minimum atomic E-state index is -1.17. The molecule has 3 atom stereocenters. The number of carbonyl (C=O) groups excluding carboxylic acids is 1. The SMILES string of the molecule is CC(=O)C1C(c2cccc(O)c2)c2c(n[nH]c2C)CC1(C)O. The minimum absolute atomic E-state index is 0.0652. The first-order valence-corrected chi connectivity index (χ1v) is 7.37. The van der Waals surface area contributed by atoms with Gasteiger partial charge in [0.1, 0.15) is 11.5 Å². The first-order chi connectivity index (χ1) is 10.3. The third-order valence-electron chi connectivity index (χ3n) is 4.58. The largest absolute Gasteiger partial charge is 0.508 e. The van der Waals surface area contributed by atoms with Crippen LogP contribution in [0.2, 0.25) is 0 Å². The molecule has 0 bridgehead atoms. The van der Waals surface area contributed by atoms with Crippen molar-refractivity contribution in [3.05, 3.63) is 46.8 Å². The van der Waals surface area contributed by atoms with Crippen LogP contribution in [-0.2, 0) is 11.2 Å². The maximum atomic E-state index is 12.3. The molecule has 3 unspecified atom stereocenters. The smallest absolute Gasteiger partial charge is 0.136 e. The maximum Gasteiger partial charge on any atom is 0.136 e. The number of carbonyl (C=O) groups is 1. The van der Waals surface area contributed by atoms with Crippen molar-refractivity contribution in [2.24, 2.45) is 5.92 Å². The highest BCUT2D eigenvalue weighted by Crippen LogP contribution is 2.46. The quantitative estimate of drug-likeness (QED) is 0.792. The number of aryl methyl sites for hydroxylation is 1. The monoisotopic (exact) mass is 300 g/mol. The number of hydrogen-bond donors (Lipinski definition) is 3. The van der Waals surface area contributed by atoms with Crippen LogP contribution in [0.3, 0.4) is 0 Å². The fourth-order valence-electron chi connectivity index (χ4n) is 3.76. The Labute approximate surface area is 129 Å². The van der Waals surface area contributed by atoms with Crippen LogP contribution in [0.15, 0.2) is 24.3 Å². The molecule has 1 aromatic heterocycles. The van der Waals surface area contributed by atoms with Crippen LogP contribution in [0.5, 0.6) is 5.75 Å². The number of phenolic OH excluding ortho intramolecular Hbond substituents is 1. The van der Waals surface area contributed by atoms with Crippen molar-refractivity contribution in [3.63, 3.8) is 0 Å². The lowest BCUT2D eigenvalue weighted by molar-refractivity contribution is -0.130. The molecule has 0 radical (unpaired) electrons. The van der Waals surface area contributed by atoms with E-state index in [0.29, 0.717) is 6.42 Å². The summed E-state index contributed by atoms with van der Waals surface area (Å²) in [5, 5.41) is 27.9. The van der Waals surface area contributed by atoms with Crippen LogP contribution in [0, 0.1) is 12.8 Å². The zero-order chi connectivity index (χ0) is 16.1. The van der Waals surface area contributed by atoms with Crippen molar-refractivity contribution >= 4 is 5.78 Å². The maximum absolute atomic E-state index is 12.3. The third-order valence-corrected chi connectivity index (χ3v) is 4.58. The number of benzene rings is 1. The van der Waals surface area contributed by atoms with Crippen molar-refractivity contribution in [1.82, 2.24) is 10.2 Å². The van der Waals surface area contributed by atoms with E-state index < -0.39 is 11.5 Å². The number of aromatic hydroxyl groups is 1. The Kier molecular flexibility index (Phi) is 3.33. The van der Waals surface area contributed by atoms with Crippen LogP contribution >= 0.6 is 0 Å². The van der Waals surface area contributed by atoms with E-state index in [1.807, 2.05) is 13.0 Å². The molecular formula is C17H20N2O3. The van der Waals surface area contributed by atoms with Gasteiger partial charge >= 0.3 is 0 Å². The van der Waals surface area contributed by atoms with E-state index in [1.54, 1.807) is 25.1 Å². The summed E-state index contributed by atoms with van der Waals surface area (Å²) in [6.45, 7) is 5.11. The number of aliphatic hydroxyl groups is 1. The normalized spacial score (nSPS) is 27.5. The second-order valence-electron chi connectivity index (χ2n) is 6.40. The van der Waals surface area contributed by atoms with Crippen LogP contribution in [0.1, 0.15) is 42.3 Å². The second-order valence-corrected chi connectivity index (χ2v) is 6.40. The summed E-state index contributed by atoms with van der Waals surface area (Å²) in [5.74, 6) is -0.808. The van der Waals surface area contributed by atoms with E-state index in [-0.39, 0.29) is 17.5 Å². The van der Waals surface area contributed by atoms with Crippen molar-refractivity contribution in [1.29, 1.82) is 0 Å². The third kappa shape index (κ3) is 2.22. The van der Waals surface area contributed by atoms with E-state index >= 15 is 0 Å². The van der Waals surface area contributed by atoms with E-state index in [2.05, 4.69) is 10.2 Å². The molecule has 1 aromatic carbocycles. The molecule has 0 spiro atoms. The standard InChI is InChI=1S/C17H20N2O3/c1-9-14-13(19-18-9)8-17(3,22)16(10(2)20)15(14)11-5-4-6-12(21)7-11/h4-7,15-16,21-22H,8H2,1-3H3,(H,18,19). The molecule has 0 fully saturated rings. The first kappa shape index (κ1) is 14.8. The van der Waals surface area contributed by atoms with Gasteiger partial charge in [-0.05, 0) is 38.5 Å². The van der Waals surface area contributed by atoms with Gasteiger partial charge in [-0.25, -0.2) is 0 Å². The number of fused-ring (bicyclic) bond motifs is 1. The zero-order valence-electron chi connectivity index (χ0n) is 12.9. The Morgan fingerprint density at radius 1 is 1.45 bits per heavy atom. The lowest BCUT2D eigenvalue weighted by Crippen LogP contribution is -2.48. The fourth-order valence-corrected chi connectivity index (χ4v) is 3.76. The number of ketones is 1. The molecule has 116 valence electrons. The molecule has 5 heteroatoms. The molecular weight excluding hydrogens is 280 g/mol. The minimum Gasteiger partial charge on any atom is -0.508 e. The van der Waals surface area contributed by atoms with Crippen molar-refractivity contribution < 1.29 is 15.0 Å². The van der Waals surface area contributed by atoms with Crippen LogP contribution in [0.25, 0.3) is 0 Å². The molecule has 0 amide bonds. The summed E-state index contributed by atoms with van der Waals surface area (Å²) in [6, 6.07) is 6.87. The van der Waals surface area contributed by atoms with Gasteiger partial charge in [-0.1, -0.05) is 12.1 Å². The number of hydrogen-bond acceptors (Lipinski definition) is 4. The summed E-state index contributed by atoms with van der Waals surface area (Å²) in [4.78, 5) is 12.3. The number of phenols is 1. The Morgan fingerprint density at radius 2 is 2.18 bits per heavy atom. The molecule has 0 saturated heterocycles. The number of nitrogens with zero attached hydrogens (tertiary/aromatic N) is 1. The lowest BCUT2D eigenvalue weighted by atomic mass is 9.64. The number of Topliss-reactive ketones (excluding diaryl/α,β-unsaturated/α-hetero) is 1. The number of nitrogens with one attached hydrogen (secondary N) is 1. The summed E-state index contributed by atoms with van der Waals surface area (Å²) >= 11 is 0. The number of aromatic amines is 1. The van der Waals surface area contributed by atoms with Gasteiger partial charge in [0, 0.05) is 23.6 Å². The summed E-state index contributed by atoms with van der Waals surface area (Å²) in [6.07, 6.45) is 0.340. The molecule has 3 rings (SSSR count). The van der Waals surface area contributed by atoms with E-state index in [4.69, 9.17) is 0 Å². The topological polar surface area (TPSA) is 86.2 Å². The fraction of sp³-hybridized carbons (Fsp3) is 0.412. The van der Waals surface area contributed by atoms with E-state index in [0.717, 1.165) is 22.5 Å². The first-order valence-electron chi connectivity index (χ1n) is 7.37. The number of aromatic nitrogens is 2. The highest BCUT2D eigenvalue weighted by Gasteiger charge is 2.48. The van der Waals surface area contributed by atoms with E-state index in [9.17, 15) is 15.0 Å². The highest BCUT2D eigenvalue weighted by atomic mass is 16.3. The summed E-state index contributed by atoms with van der Waals surface area (Å²) < 4.78 is 0. The average molecular weight is 300 g/mol. The average Bonchev–Trinajstić information content (AvgIpc) is 2.76. The predicted octanol–water partition coefficient (Wildman–Crippen LogP) is 2.07. The molecule has 1 aliphatic rings.